The molecule has 4 nitrogen and oxygen atoms in total. The second-order valence-corrected chi connectivity index (χ2v) is 5.49. The molecule has 0 bridgehead atoms. The van der Waals surface area contributed by atoms with Crippen LogP contribution in [0.1, 0.15) is 21.5 Å². The number of thiocarbonyl (C=S) groups is 1. The van der Waals surface area contributed by atoms with E-state index < -0.39 is 0 Å². The van der Waals surface area contributed by atoms with E-state index in [2.05, 4.69) is 15.9 Å². The maximum absolute atomic E-state index is 12.2. The Labute approximate surface area is 130 Å². The van der Waals surface area contributed by atoms with Gasteiger partial charge in [-0.2, -0.15) is 0 Å². The summed E-state index contributed by atoms with van der Waals surface area (Å²) in [5.41, 5.74) is 7.86. The first-order valence-corrected chi connectivity index (χ1v) is 7.06. The van der Waals surface area contributed by atoms with Crippen molar-refractivity contribution in [2.45, 2.75) is 6.54 Å². The highest BCUT2D eigenvalue weighted by Gasteiger charge is 2.17. The van der Waals surface area contributed by atoms with Gasteiger partial charge in [-0.15, -0.1) is 0 Å². The molecule has 2 N–H and O–H groups in total. The van der Waals surface area contributed by atoms with Crippen molar-refractivity contribution in [3.8, 4) is 0 Å². The third kappa shape index (κ3) is 3.26. The van der Waals surface area contributed by atoms with Crippen LogP contribution in [0.25, 0.3) is 0 Å². The van der Waals surface area contributed by atoms with Gasteiger partial charge in [0.15, 0.2) is 4.67 Å². The van der Waals surface area contributed by atoms with Crippen LogP contribution in [0.15, 0.2) is 45.7 Å². The highest BCUT2D eigenvalue weighted by molar-refractivity contribution is 9.10. The molecular formula is C14H13BrN2O2S. The molecule has 0 unspecified atom stereocenters. The number of carbonyl (C=O) groups excluding carboxylic acids is 1. The van der Waals surface area contributed by atoms with Crippen LogP contribution in [-0.2, 0) is 6.54 Å². The van der Waals surface area contributed by atoms with E-state index in [9.17, 15) is 4.79 Å². The molecule has 1 amide bonds. The van der Waals surface area contributed by atoms with Crippen LogP contribution < -0.4 is 5.73 Å². The first-order valence-electron chi connectivity index (χ1n) is 5.86. The molecular weight excluding hydrogens is 340 g/mol. The van der Waals surface area contributed by atoms with Gasteiger partial charge in [0, 0.05) is 19.2 Å². The Hall–Kier alpha value is -1.66. The summed E-state index contributed by atoms with van der Waals surface area (Å²) in [4.78, 5) is 14.2. The van der Waals surface area contributed by atoms with Crippen molar-refractivity contribution in [1.82, 2.24) is 4.90 Å². The fraction of sp³-hybridized carbons (Fsp3) is 0.143. The molecule has 6 heteroatoms. The lowest BCUT2D eigenvalue weighted by molar-refractivity contribution is 0.0783. The Kier molecular flexibility index (Phi) is 4.57. The molecule has 1 aromatic heterocycles. The lowest BCUT2D eigenvalue weighted by Gasteiger charge is -2.17. The van der Waals surface area contributed by atoms with E-state index in [-0.39, 0.29) is 5.91 Å². The van der Waals surface area contributed by atoms with Gasteiger partial charge >= 0.3 is 0 Å². The molecule has 0 aliphatic rings. The van der Waals surface area contributed by atoms with Crippen molar-refractivity contribution in [1.29, 1.82) is 0 Å². The van der Waals surface area contributed by atoms with Crippen molar-refractivity contribution in [2.75, 3.05) is 7.05 Å². The summed E-state index contributed by atoms with van der Waals surface area (Å²) in [7, 11) is 1.73. The van der Waals surface area contributed by atoms with Gasteiger partial charge in [-0.05, 0) is 33.6 Å². The summed E-state index contributed by atoms with van der Waals surface area (Å²) in [6.07, 6.45) is 1.47. The van der Waals surface area contributed by atoms with Crippen LogP contribution in [0.3, 0.4) is 0 Å². The molecule has 0 saturated heterocycles. The summed E-state index contributed by atoms with van der Waals surface area (Å²) >= 11 is 8.15. The van der Waals surface area contributed by atoms with E-state index in [1.165, 1.54) is 6.26 Å². The number of hydrogen-bond donors (Lipinski definition) is 1. The van der Waals surface area contributed by atoms with Crippen LogP contribution in [0.4, 0.5) is 0 Å². The summed E-state index contributed by atoms with van der Waals surface area (Å²) in [6.45, 7) is 0.465. The van der Waals surface area contributed by atoms with Crippen molar-refractivity contribution in [3.63, 3.8) is 0 Å². The molecule has 104 valence electrons. The number of rotatable bonds is 4. The van der Waals surface area contributed by atoms with Gasteiger partial charge in [0.25, 0.3) is 5.91 Å². The van der Waals surface area contributed by atoms with Gasteiger partial charge < -0.3 is 15.1 Å². The van der Waals surface area contributed by atoms with E-state index in [4.69, 9.17) is 22.4 Å². The van der Waals surface area contributed by atoms with Crippen LogP contribution in [-0.4, -0.2) is 22.8 Å². The molecule has 0 atom stereocenters. The van der Waals surface area contributed by atoms with Gasteiger partial charge in [-0.1, -0.05) is 30.4 Å². The summed E-state index contributed by atoms with van der Waals surface area (Å²) in [5, 5.41) is 0. The van der Waals surface area contributed by atoms with Crippen molar-refractivity contribution in [3.05, 3.63) is 58.0 Å². The molecule has 0 aliphatic carbocycles. The molecule has 2 aromatic rings. The van der Waals surface area contributed by atoms with Gasteiger partial charge in [-0.25, -0.2) is 0 Å². The maximum Gasteiger partial charge on any atom is 0.258 e. The largest absolute Gasteiger partial charge is 0.457 e. The van der Waals surface area contributed by atoms with Gasteiger partial charge in [0.05, 0.1) is 11.8 Å². The Morgan fingerprint density at radius 1 is 1.45 bits per heavy atom. The van der Waals surface area contributed by atoms with E-state index in [0.717, 1.165) is 11.1 Å². The van der Waals surface area contributed by atoms with Gasteiger partial charge in [0.2, 0.25) is 0 Å². The average molecular weight is 353 g/mol. The molecule has 1 aromatic carbocycles. The number of benzene rings is 1. The zero-order chi connectivity index (χ0) is 14.7. The summed E-state index contributed by atoms with van der Waals surface area (Å²) in [6, 6.07) is 9.16. The predicted molar refractivity (Wildman–Crippen MR) is 84.5 cm³/mol. The second kappa shape index (κ2) is 6.19. The van der Waals surface area contributed by atoms with Crippen molar-refractivity contribution in [2.24, 2.45) is 5.73 Å². The zero-order valence-corrected chi connectivity index (χ0v) is 13.2. The lowest BCUT2D eigenvalue weighted by Crippen LogP contribution is -2.26. The van der Waals surface area contributed by atoms with E-state index in [0.29, 0.717) is 21.8 Å². The zero-order valence-electron chi connectivity index (χ0n) is 10.8. The Morgan fingerprint density at radius 2 is 2.20 bits per heavy atom. The van der Waals surface area contributed by atoms with Crippen molar-refractivity contribution < 1.29 is 9.21 Å². The molecule has 0 fully saturated rings. The summed E-state index contributed by atoms with van der Waals surface area (Å²) in [5.74, 6) is -0.119. The lowest BCUT2D eigenvalue weighted by atomic mass is 10.1. The number of nitrogens with two attached hydrogens (primary N) is 1. The molecule has 20 heavy (non-hydrogen) atoms. The molecule has 2 rings (SSSR count). The highest BCUT2D eigenvalue weighted by atomic mass is 79.9. The third-order valence-electron chi connectivity index (χ3n) is 2.83. The van der Waals surface area contributed by atoms with Crippen molar-refractivity contribution >= 4 is 39.0 Å². The Morgan fingerprint density at radius 3 is 2.80 bits per heavy atom. The predicted octanol–water partition coefficient (Wildman–Crippen LogP) is 2.95. The number of halogens is 1. The van der Waals surface area contributed by atoms with Crippen LogP contribution in [0, 0.1) is 0 Å². The number of carbonyl (C=O) groups is 1. The fourth-order valence-electron chi connectivity index (χ4n) is 1.82. The van der Waals surface area contributed by atoms with E-state index in [1.54, 1.807) is 18.0 Å². The topological polar surface area (TPSA) is 59.5 Å². The third-order valence-corrected chi connectivity index (χ3v) is 3.68. The van der Waals surface area contributed by atoms with Gasteiger partial charge in [0.1, 0.15) is 4.99 Å². The van der Waals surface area contributed by atoms with Gasteiger partial charge in [-0.3, -0.25) is 4.79 Å². The number of hydrogen-bond acceptors (Lipinski definition) is 3. The van der Waals surface area contributed by atoms with Crippen LogP contribution in [0.5, 0.6) is 0 Å². The quantitative estimate of drug-likeness (QED) is 0.859. The standard InChI is InChI=1S/C14H13BrN2O2S/c1-17(14(18)11-5-6-19-12(11)15)8-9-3-2-4-10(7-9)13(16)20/h2-7H,8H2,1H3,(H2,16,20). The first kappa shape index (κ1) is 14.7. The molecule has 0 spiro atoms. The van der Waals surface area contributed by atoms with E-state index >= 15 is 0 Å². The minimum absolute atomic E-state index is 0.119. The summed E-state index contributed by atoms with van der Waals surface area (Å²) < 4.78 is 5.51. The number of furan rings is 1. The first-order chi connectivity index (χ1) is 9.49. The Bertz CT molecular complexity index is 654. The fourth-order valence-corrected chi connectivity index (χ4v) is 2.36. The second-order valence-electron chi connectivity index (χ2n) is 4.33. The number of nitrogens with zero attached hydrogens (tertiary/aromatic N) is 1. The molecule has 0 radical (unpaired) electrons. The maximum atomic E-state index is 12.2. The Balaban J connectivity index is 2.14. The normalized spacial score (nSPS) is 10.3. The number of amides is 1. The van der Waals surface area contributed by atoms with E-state index in [1.807, 2.05) is 24.3 Å². The monoisotopic (exact) mass is 352 g/mol. The smallest absolute Gasteiger partial charge is 0.258 e. The minimum atomic E-state index is -0.119. The highest BCUT2D eigenvalue weighted by Crippen LogP contribution is 2.20. The molecule has 0 saturated carbocycles. The minimum Gasteiger partial charge on any atom is -0.457 e. The average Bonchev–Trinajstić information content (AvgIpc) is 2.84. The molecule has 1 heterocycles. The SMILES string of the molecule is CN(Cc1cccc(C(N)=S)c1)C(=O)c1ccoc1Br. The van der Waals surface area contributed by atoms with Crippen LogP contribution in [0.2, 0.25) is 0 Å². The molecule has 0 aliphatic heterocycles. The van der Waals surface area contributed by atoms with Crippen LogP contribution >= 0.6 is 28.1 Å².